The third-order valence-corrected chi connectivity index (χ3v) is 2.39. The smallest absolute Gasteiger partial charge is 0.328 e. The number of hydrogen-bond donors (Lipinski definition) is 2. The Morgan fingerprint density at radius 1 is 1.00 bits per heavy atom. The van der Waals surface area contributed by atoms with Crippen molar-refractivity contribution in [3.8, 4) is 0 Å². The van der Waals surface area contributed by atoms with Gasteiger partial charge in [-0.3, -0.25) is 4.98 Å². The van der Waals surface area contributed by atoms with Gasteiger partial charge in [-0.15, -0.1) is 0 Å². The predicted molar refractivity (Wildman–Crippen MR) is 77.9 cm³/mol. The van der Waals surface area contributed by atoms with E-state index in [0.29, 0.717) is 12.2 Å². The number of nitrogens with zero attached hydrogens (tertiary/aromatic N) is 1. The second kappa shape index (κ2) is 9.02. The summed E-state index contributed by atoms with van der Waals surface area (Å²) in [4.78, 5) is 23.3. The SMILES string of the molecule is Fc1ccc(Cc2ccccn2)cc1.O=C(O)/C=C\C(=O)O. The Balaban J connectivity index is 0.000000261. The fourth-order valence-electron chi connectivity index (χ4n) is 1.46. The summed E-state index contributed by atoms with van der Waals surface area (Å²) in [6, 6.07) is 12.3. The van der Waals surface area contributed by atoms with Crippen LogP contribution in [0.4, 0.5) is 4.39 Å². The highest BCUT2D eigenvalue weighted by Crippen LogP contribution is 2.07. The second-order valence-corrected chi connectivity index (χ2v) is 4.13. The Labute approximate surface area is 126 Å². The number of rotatable bonds is 4. The van der Waals surface area contributed by atoms with Crippen molar-refractivity contribution in [1.29, 1.82) is 0 Å². The first-order valence-corrected chi connectivity index (χ1v) is 6.25. The van der Waals surface area contributed by atoms with Gasteiger partial charge in [-0.25, -0.2) is 14.0 Å². The van der Waals surface area contributed by atoms with Crippen molar-refractivity contribution >= 4 is 11.9 Å². The van der Waals surface area contributed by atoms with Crippen molar-refractivity contribution in [1.82, 2.24) is 4.98 Å². The number of benzene rings is 1. The Hall–Kier alpha value is -3.02. The first kappa shape index (κ1) is 17.0. The van der Waals surface area contributed by atoms with Crippen LogP contribution in [0.25, 0.3) is 0 Å². The molecule has 0 fully saturated rings. The molecule has 2 N–H and O–H groups in total. The van der Waals surface area contributed by atoms with Gasteiger partial charge in [0.1, 0.15) is 5.82 Å². The van der Waals surface area contributed by atoms with Gasteiger partial charge < -0.3 is 10.2 Å². The maximum atomic E-state index is 12.6. The van der Waals surface area contributed by atoms with E-state index in [2.05, 4.69) is 4.98 Å². The zero-order valence-corrected chi connectivity index (χ0v) is 11.5. The van der Waals surface area contributed by atoms with Gasteiger partial charge in [-0.05, 0) is 29.8 Å². The molecule has 0 spiro atoms. The highest BCUT2D eigenvalue weighted by Gasteiger charge is 1.96. The molecule has 0 bridgehead atoms. The Bertz CT molecular complexity index is 623. The third-order valence-electron chi connectivity index (χ3n) is 2.39. The molecule has 2 rings (SSSR count). The minimum Gasteiger partial charge on any atom is -0.478 e. The van der Waals surface area contributed by atoms with Crippen LogP contribution in [0.3, 0.4) is 0 Å². The van der Waals surface area contributed by atoms with Crippen LogP contribution < -0.4 is 0 Å². The molecule has 114 valence electrons. The van der Waals surface area contributed by atoms with Gasteiger partial charge in [0, 0.05) is 30.5 Å². The standard InChI is InChI=1S/C12H10FN.C4H4O4/c13-11-6-4-10(5-7-11)9-12-3-1-2-8-14-12;5-3(6)1-2-4(7)8/h1-8H,9H2;1-2H,(H,5,6)(H,7,8)/b;2-1-. The Morgan fingerprint density at radius 2 is 1.59 bits per heavy atom. The van der Waals surface area contributed by atoms with Crippen LogP contribution in [0.1, 0.15) is 11.3 Å². The van der Waals surface area contributed by atoms with Crippen molar-refractivity contribution in [3.63, 3.8) is 0 Å². The first-order chi connectivity index (χ1) is 10.5. The number of aromatic nitrogens is 1. The molecule has 0 atom stereocenters. The molecule has 6 heteroatoms. The molecule has 5 nitrogen and oxygen atoms in total. The van der Waals surface area contributed by atoms with Gasteiger partial charge in [0.2, 0.25) is 0 Å². The molecule has 0 aliphatic carbocycles. The molecule has 0 amide bonds. The lowest BCUT2D eigenvalue weighted by molar-refractivity contribution is -0.134. The fraction of sp³-hybridized carbons (Fsp3) is 0.0625. The van der Waals surface area contributed by atoms with Crippen LogP contribution in [0.15, 0.2) is 60.8 Å². The van der Waals surface area contributed by atoms with Crippen LogP contribution in [-0.4, -0.2) is 27.1 Å². The molecular formula is C16H14FNO4. The Morgan fingerprint density at radius 3 is 2.05 bits per heavy atom. The van der Waals surface area contributed by atoms with Crippen molar-refractivity contribution in [2.24, 2.45) is 0 Å². The monoisotopic (exact) mass is 303 g/mol. The summed E-state index contributed by atoms with van der Waals surface area (Å²) in [6.07, 6.45) is 3.63. The summed E-state index contributed by atoms with van der Waals surface area (Å²) < 4.78 is 12.6. The molecule has 0 saturated carbocycles. The van der Waals surface area contributed by atoms with E-state index in [1.165, 1.54) is 12.1 Å². The molecule has 1 heterocycles. The maximum Gasteiger partial charge on any atom is 0.328 e. The molecule has 0 saturated heterocycles. The summed E-state index contributed by atoms with van der Waals surface area (Å²) in [5.74, 6) is -2.71. The van der Waals surface area contributed by atoms with Gasteiger partial charge in [-0.2, -0.15) is 0 Å². The van der Waals surface area contributed by atoms with E-state index in [-0.39, 0.29) is 5.82 Å². The number of halogens is 1. The minimum atomic E-state index is -1.26. The normalized spacial score (nSPS) is 9.86. The number of aliphatic carboxylic acids is 2. The summed E-state index contributed by atoms with van der Waals surface area (Å²) in [6.45, 7) is 0. The average Bonchev–Trinajstić information content (AvgIpc) is 2.49. The van der Waals surface area contributed by atoms with Crippen LogP contribution >= 0.6 is 0 Å². The summed E-state index contributed by atoms with van der Waals surface area (Å²) >= 11 is 0. The lowest BCUT2D eigenvalue weighted by atomic mass is 10.1. The van der Waals surface area contributed by atoms with E-state index in [1.807, 2.05) is 18.2 Å². The fourth-order valence-corrected chi connectivity index (χ4v) is 1.46. The zero-order valence-electron chi connectivity index (χ0n) is 11.5. The molecule has 0 radical (unpaired) electrons. The lowest BCUT2D eigenvalue weighted by Gasteiger charge is -1.99. The van der Waals surface area contributed by atoms with Crippen molar-refractivity contribution in [2.45, 2.75) is 6.42 Å². The van der Waals surface area contributed by atoms with Crippen molar-refractivity contribution in [2.75, 3.05) is 0 Å². The van der Waals surface area contributed by atoms with Crippen LogP contribution in [0, 0.1) is 5.82 Å². The highest BCUT2D eigenvalue weighted by molar-refractivity contribution is 5.89. The molecule has 0 aliphatic heterocycles. The van der Waals surface area contributed by atoms with E-state index < -0.39 is 11.9 Å². The van der Waals surface area contributed by atoms with Gasteiger partial charge in [0.25, 0.3) is 0 Å². The topological polar surface area (TPSA) is 87.5 Å². The molecule has 1 aromatic heterocycles. The van der Waals surface area contributed by atoms with E-state index in [1.54, 1.807) is 18.3 Å². The largest absolute Gasteiger partial charge is 0.478 e. The van der Waals surface area contributed by atoms with E-state index in [4.69, 9.17) is 10.2 Å². The molecule has 0 unspecified atom stereocenters. The van der Waals surface area contributed by atoms with Crippen LogP contribution in [-0.2, 0) is 16.0 Å². The lowest BCUT2D eigenvalue weighted by Crippen LogP contribution is -1.91. The van der Waals surface area contributed by atoms with Crippen molar-refractivity contribution in [3.05, 3.63) is 77.9 Å². The van der Waals surface area contributed by atoms with Gasteiger partial charge in [0.15, 0.2) is 0 Å². The first-order valence-electron chi connectivity index (χ1n) is 6.25. The number of hydrogen-bond acceptors (Lipinski definition) is 3. The molecule has 22 heavy (non-hydrogen) atoms. The molecule has 0 aliphatic rings. The molecule has 2 aromatic rings. The maximum absolute atomic E-state index is 12.6. The van der Waals surface area contributed by atoms with Gasteiger partial charge >= 0.3 is 11.9 Å². The quantitative estimate of drug-likeness (QED) is 0.847. The van der Waals surface area contributed by atoms with E-state index in [9.17, 15) is 14.0 Å². The number of carboxylic acids is 2. The highest BCUT2D eigenvalue weighted by atomic mass is 19.1. The van der Waals surface area contributed by atoms with Gasteiger partial charge in [0.05, 0.1) is 0 Å². The second-order valence-electron chi connectivity index (χ2n) is 4.13. The summed E-state index contributed by atoms with van der Waals surface area (Å²) in [5, 5.41) is 15.6. The Kier molecular flexibility index (Phi) is 6.98. The molecule has 1 aromatic carbocycles. The van der Waals surface area contributed by atoms with Crippen LogP contribution in [0.5, 0.6) is 0 Å². The summed E-state index contributed by atoms with van der Waals surface area (Å²) in [5.41, 5.74) is 2.07. The van der Waals surface area contributed by atoms with Gasteiger partial charge in [-0.1, -0.05) is 18.2 Å². The predicted octanol–water partition coefficient (Wildman–Crippen LogP) is 2.52. The number of carbonyl (C=O) groups is 2. The van der Waals surface area contributed by atoms with E-state index in [0.717, 1.165) is 17.7 Å². The number of carboxylic acid groups (broad SMARTS) is 2. The zero-order chi connectivity index (χ0) is 16.4. The summed E-state index contributed by atoms with van der Waals surface area (Å²) in [7, 11) is 0. The van der Waals surface area contributed by atoms with Crippen LogP contribution in [0.2, 0.25) is 0 Å². The molecular weight excluding hydrogens is 289 g/mol. The van der Waals surface area contributed by atoms with Crippen molar-refractivity contribution < 1.29 is 24.2 Å². The van der Waals surface area contributed by atoms with E-state index >= 15 is 0 Å². The number of pyridine rings is 1. The average molecular weight is 303 g/mol. The minimum absolute atomic E-state index is 0.199. The third kappa shape index (κ3) is 7.54.